The van der Waals surface area contributed by atoms with Crippen LogP contribution in [0.5, 0.6) is 0 Å². The Morgan fingerprint density at radius 3 is 2.26 bits per heavy atom. The Morgan fingerprint density at radius 2 is 1.57 bits per heavy atom. The van der Waals surface area contributed by atoms with Crippen molar-refractivity contribution < 1.29 is 0 Å². The molecule has 0 saturated carbocycles. The number of piperidine rings is 1. The average Bonchev–Trinajstić information content (AvgIpc) is 2.81. The summed E-state index contributed by atoms with van der Waals surface area (Å²) in [7, 11) is 0. The molecule has 3 atom stereocenters. The highest BCUT2D eigenvalue weighted by molar-refractivity contribution is 5.66. The van der Waals surface area contributed by atoms with Crippen LogP contribution in [0.3, 0.4) is 0 Å². The van der Waals surface area contributed by atoms with Gasteiger partial charge >= 0.3 is 0 Å². The second kappa shape index (κ2) is 6.25. The molecule has 1 unspecified atom stereocenters. The summed E-state index contributed by atoms with van der Waals surface area (Å²) in [6.45, 7) is 1.09. The molecule has 120 valence electrons. The monoisotopic (exact) mass is 307 g/mol. The fraction of sp³-hybridized carbons (Fsp3) is 0.400. The fourth-order valence-electron chi connectivity index (χ4n) is 4.29. The minimum atomic E-state index is 0.546. The van der Waals surface area contributed by atoms with Crippen molar-refractivity contribution in [2.75, 3.05) is 11.1 Å². The molecule has 2 heterocycles. The topological polar surface area (TPSA) is 41.3 Å². The zero-order valence-electron chi connectivity index (χ0n) is 13.5. The summed E-state index contributed by atoms with van der Waals surface area (Å²) in [5.41, 5.74) is 9.46. The molecule has 3 nitrogen and oxygen atoms in total. The number of para-hydroxylation sites is 2. The van der Waals surface area contributed by atoms with E-state index in [0.717, 1.165) is 17.9 Å². The van der Waals surface area contributed by atoms with Crippen LogP contribution in [0.2, 0.25) is 0 Å². The number of nitrogens with zero attached hydrogens (tertiary/aromatic N) is 1. The highest BCUT2D eigenvalue weighted by Crippen LogP contribution is 2.38. The van der Waals surface area contributed by atoms with Crippen molar-refractivity contribution in [3.8, 4) is 0 Å². The summed E-state index contributed by atoms with van der Waals surface area (Å²) in [5.74, 6) is 0. The maximum absolute atomic E-state index is 6.08. The number of hydrogen-bond acceptors (Lipinski definition) is 3. The summed E-state index contributed by atoms with van der Waals surface area (Å²) in [6.07, 6.45) is 5.11. The molecule has 2 aromatic rings. The van der Waals surface area contributed by atoms with Gasteiger partial charge in [-0.15, -0.1) is 0 Å². The number of nitrogens with one attached hydrogen (secondary N) is 1. The standard InChI is InChI=1S/C20H25N3/c21-19-8-4-5-9-20(19)22-16-12-17-10-11-18(13-16)23(17)14-15-6-2-1-3-7-15/h1-9,16-18,22H,10-14,21H2/t16?,17-,18+. The summed E-state index contributed by atoms with van der Waals surface area (Å²) in [6, 6.07) is 20.9. The first-order valence-electron chi connectivity index (χ1n) is 8.70. The van der Waals surface area contributed by atoms with E-state index >= 15 is 0 Å². The van der Waals surface area contributed by atoms with Crippen molar-refractivity contribution in [2.24, 2.45) is 0 Å². The molecule has 2 aliphatic rings. The lowest BCUT2D eigenvalue weighted by Gasteiger charge is -2.39. The van der Waals surface area contributed by atoms with Crippen molar-refractivity contribution in [3.05, 3.63) is 60.2 Å². The van der Waals surface area contributed by atoms with Crippen LogP contribution in [0, 0.1) is 0 Å². The molecule has 4 rings (SSSR count). The predicted octanol–water partition coefficient (Wildman–Crippen LogP) is 3.88. The number of hydrogen-bond donors (Lipinski definition) is 2. The Labute approximate surface area is 138 Å². The molecule has 0 spiro atoms. The first-order valence-corrected chi connectivity index (χ1v) is 8.70. The van der Waals surface area contributed by atoms with Gasteiger partial charge in [0, 0.05) is 24.7 Å². The van der Waals surface area contributed by atoms with E-state index in [1.54, 1.807) is 0 Å². The molecule has 3 heteroatoms. The minimum absolute atomic E-state index is 0.546. The molecule has 2 saturated heterocycles. The van der Waals surface area contributed by atoms with Crippen molar-refractivity contribution in [1.82, 2.24) is 4.90 Å². The van der Waals surface area contributed by atoms with Crippen molar-refractivity contribution >= 4 is 11.4 Å². The predicted molar refractivity (Wildman–Crippen MR) is 96.3 cm³/mol. The zero-order valence-corrected chi connectivity index (χ0v) is 13.5. The minimum Gasteiger partial charge on any atom is -0.397 e. The third-order valence-electron chi connectivity index (χ3n) is 5.41. The largest absolute Gasteiger partial charge is 0.397 e. The smallest absolute Gasteiger partial charge is 0.0576 e. The fourth-order valence-corrected chi connectivity index (χ4v) is 4.29. The van der Waals surface area contributed by atoms with Crippen LogP contribution in [-0.2, 0) is 6.54 Å². The molecule has 23 heavy (non-hydrogen) atoms. The van der Waals surface area contributed by atoms with E-state index in [2.05, 4.69) is 52.7 Å². The van der Waals surface area contributed by atoms with Crippen LogP contribution in [0.4, 0.5) is 11.4 Å². The van der Waals surface area contributed by atoms with Gasteiger partial charge in [0.25, 0.3) is 0 Å². The molecule has 2 bridgehead atoms. The summed E-state index contributed by atoms with van der Waals surface area (Å²) in [5, 5.41) is 3.68. The van der Waals surface area contributed by atoms with E-state index < -0.39 is 0 Å². The van der Waals surface area contributed by atoms with Gasteiger partial charge in [-0.05, 0) is 43.4 Å². The van der Waals surface area contributed by atoms with Gasteiger partial charge in [0.1, 0.15) is 0 Å². The van der Waals surface area contributed by atoms with Gasteiger partial charge in [-0.25, -0.2) is 0 Å². The van der Waals surface area contributed by atoms with Gasteiger partial charge in [0.2, 0.25) is 0 Å². The van der Waals surface area contributed by atoms with Crippen molar-refractivity contribution in [2.45, 2.75) is 50.4 Å². The molecule has 2 aromatic carbocycles. The lowest BCUT2D eigenvalue weighted by Crippen LogP contribution is -2.46. The van der Waals surface area contributed by atoms with E-state index in [1.807, 2.05) is 12.1 Å². The van der Waals surface area contributed by atoms with E-state index in [1.165, 1.54) is 31.2 Å². The first-order chi connectivity index (χ1) is 11.3. The Bertz CT molecular complexity index is 641. The highest BCUT2D eigenvalue weighted by Gasteiger charge is 2.40. The molecule has 0 aliphatic carbocycles. The van der Waals surface area contributed by atoms with Gasteiger partial charge in [0.05, 0.1) is 11.4 Å². The maximum Gasteiger partial charge on any atom is 0.0576 e. The first kappa shape index (κ1) is 14.6. The molecule has 0 aromatic heterocycles. The second-order valence-corrected chi connectivity index (χ2v) is 6.94. The number of rotatable bonds is 4. The number of fused-ring (bicyclic) bond motifs is 2. The van der Waals surface area contributed by atoms with E-state index in [-0.39, 0.29) is 0 Å². The molecular formula is C20H25N3. The average molecular weight is 307 g/mol. The third-order valence-corrected chi connectivity index (χ3v) is 5.41. The molecule has 2 aliphatic heterocycles. The van der Waals surface area contributed by atoms with Crippen LogP contribution < -0.4 is 11.1 Å². The zero-order chi connectivity index (χ0) is 15.6. The van der Waals surface area contributed by atoms with Crippen molar-refractivity contribution in [3.63, 3.8) is 0 Å². The van der Waals surface area contributed by atoms with E-state index in [9.17, 15) is 0 Å². The Kier molecular flexibility index (Phi) is 3.96. The highest BCUT2D eigenvalue weighted by atomic mass is 15.2. The molecule has 2 fully saturated rings. The SMILES string of the molecule is Nc1ccccc1NC1C[C@H]2CC[C@@H](C1)N2Cc1ccccc1. The molecule has 0 amide bonds. The Balaban J connectivity index is 1.43. The molecule has 0 radical (unpaired) electrons. The molecule has 3 N–H and O–H groups in total. The Morgan fingerprint density at radius 1 is 0.913 bits per heavy atom. The summed E-state index contributed by atoms with van der Waals surface area (Å²) >= 11 is 0. The van der Waals surface area contributed by atoms with E-state index in [0.29, 0.717) is 18.1 Å². The van der Waals surface area contributed by atoms with E-state index in [4.69, 9.17) is 5.73 Å². The lowest BCUT2D eigenvalue weighted by atomic mass is 9.96. The number of nitrogens with two attached hydrogens (primary N) is 1. The number of nitrogen functional groups attached to an aromatic ring is 1. The number of benzene rings is 2. The van der Waals surface area contributed by atoms with Gasteiger partial charge in [-0.1, -0.05) is 42.5 Å². The van der Waals surface area contributed by atoms with Gasteiger partial charge < -0.3 is 11.1 Å². The van der Waals surface area contributed by atoms with Crippen molar-refractivity contribution in [1.29, 1.82) is 0 Å². The maximum atomic E-state index is 6.08. The summed E-state index contributed by atoms with van der Waals surface area (Å²) in [4.78, 5) is 2.72. The van der Waals surface area contributed by atoms with Gasteiger partial charge in [-0.3, -0.25) is 4.90 Å². The van der Waals surface area contributed by atoms with Gasteiger partial charge in [0.15, 0.2) is 0 Å². The quantitative estimate of drug-likeness (QED) is 0.842. The van der Waals surface area contributed by atoms with Crippen LogP contribution in [0.1, 0.15) is 31.2 Å². The summed E-state index contributed by atoms with van der Waals surface area (Å²) < 4.78 is 0. The van der Waals surface area contributed by atoms with Gasteiger partial charge in [-0.2, -0.15) is 0 Å². The van der Waals surface area contributed by atoms with Crippen LogP contribution in [-0.4, -0.2) is 23.0 Å². The van der Waals surface area contributed by atoms with Crippen LogP contribution in [0.25, 0.3) is 0 Å². The Hall–Kier alpha value is -2.00. The molecular weight excluding hydrogens is 282 g/mol. The number of anilines is 2. The van der Waals surface area contributed by atoms with Crippen LogP contribution in [0.15, 0.2) is 54.6 Å². The lowest BCUT2D eigenvalue weighted by molar-refractivity contribution is 0.124. The normalized spacial score (nSPS) is 27.0. The second-order valence-electron chi connectivity index (χ2n) is 6.94. The third kappa shape index (κ3) is 3.06. The van der Waals surface area contributed by atoms with Crippen LogP contribution >= 0.6 is 0 Å².